The Balaban J connectivity index is 1.89. The van der Waals surface area contributed by atoms with Crippen molar-refractivity contribution < 1.29 is 8.42 Å². The highest BCUT2D eigenvalue weighted by molar-refractivity contribution is 7.93. The summed E-state index contributed by atoms with van der Waals surface area (Å²) in [5, 5.41) is 3.43. The number of nitrogens with zero attached hydrogens (tertiary/aromatic N) is 2. The van der Waals surface area contributed by atoms with E-state index >= 15 is 0 Å². The maximum Gasteiger partial charge on any atom is 0.283 e. The third kappa shape index (κ3) is 2.86. The zero-order valence-corrected chi connectivity index (χ0v) is 13.2. The normalized spacial score (nSPS) is 14.0. The Morgan fingerprint density at radius 1 is 1.38 bits per heavy atom. The molecule has 6 nitrogen and oxygen atoms in total. The Bertz CT molecular complexity index is 734. The third-order valence-electron chi connectivity index (χ3n) is 3.21. The SMILES string of the molecule is CCNc1cccnc1S(=O)(=O)Nc1nc2c(s1)CCC2. The lowest BCUT2D eigenvalue weighted by Crippen LogP contribution is -2.17. The van der Waals surface area contributed by atoms with Crippen LogP contribution < -0.4 is 10.0 Å². The van der Waals surface area contributed by atoms with Crippen LogP contribution in [0, 0.1) is 0 Å². The van der Waals surface area contributed by atoms with Crippen molar-refractivity contribution in [1.29, 1.82) is 0 Å². The summed E-state index contributed by atoms with van der Waals surface area (Å²) in [6.07, 6.45) is 4.49. The van der Waals surface area contributed by atoms with Crippen LogP contribution in [0.5, 0.6) is 0 Å². The predicted octanol–water partition coefficient (Wildman–Crippen LogP) is 2.26. The molecule has 2 aromatic rings. The van der Waals surface area contributed by atoms with Gasteiger partial charge < -0.3 is 5.32 Å². The quantitative estimate of drug-likeness (QED) is 0.881. The number of aromatic nitrogens is 2. The lowest BCUT2D eigenvalue weighted by molar-refractivity contribution is 0.598. The highest BCUT2D eigenvalue weighted by Gasteiger charge is 2.24. The van der Waals surface area contributed by atoms with Crippen molar-refractivity contribution in [3.63, 3.8) is 0 Å². The minimum Gasteiger partial charge on any atom is -0.383 e. The molecule has 21 heavy (non-hydrogen) atoms. The van der Waals surface area contributed by atoms with Crippen LogP contribution in [0.2, 0.25) is 0 Å². The van der Waals surface area contributed by atoms with Crippen LogP contribution in [0.15, 0.2) is 23.4 Å². The molecule has 1 aliphatic carbocycles. The van der Waals surface area contributed by atoms with Gasteiger partial charge in [-0.25, -0.2) is 9.97 Å². The van der Waals surface area contributed by atoms with Crippen molar-refractivity contribution in [3.8, 4) is 0 Å². The van der Waals surface area contributed by atoms with Crippen LogP contribution in [-0.2, 0) is 22.9 Å². The van der Waals surface area contributed by atoms with E-state index < -0.39 is 10.0 Å². The van der Waals surface area contributed by atoms with Crippen molar-refractivity contribution in [3.05, 3.63) is 28.9 Å². The van der Waals surface area contributed by atoms with Crippen molar-refractivity contribution >= 4 is 32.2 Å². The fourth-order valence-corrected chi connectivity index (χ4v) is 4.73. The molecule has 0 radical (unpaired) electrons. The van der Waals surface area contributed by atoms with Gasteiger partial charge in [-0.05, 0) is 38.3 Å². The first-order chi connectivity index (χ1) is 10.1. The molecular weight excluding hydrogens is 308 g/mol. The van der Waals surface area contributed by atoms with Gasteiger partial charge in [0.25, 0.3) is 10.0 Å². The summed E-state index contributed by atoms with van der Waals surface area (Å²) in [5.41, 5.74) is 1.52. The Morgan fingerprint density at radius 2 is 2.24 bits per heavy atom. The number of aryl methyl sites for hydroxylation is 2. The first kappa shape index (κ1) is 14.3. The van der Waals surface area contributed by atoms with Crippen LogP contribution in [0.25, 0.3) is 0 Å². The minimum atomic E-state index is -3.73. The van der Waals surface area contributed by atoms with Gasteiger partial charge in [-0.15, -0.1) is 11.3 Å². The number of pyridine rings is 1. The van der Waals surface area contributed by atoms with Crippen LogP contribution in [0.3, 0.4) is 0 Å². The number of thiazole rings is 1. The topological polar surface area (TPSA) is 84.0 Å². The van der Waals surface area contributed by atoms with Crippen molar-refractivity contribution in [2.75, 3.05) is 16.6 Å². The molecule has 0 spiro atoms. The predicted molar refractivity (Wildman–Crippen MR) is 83.3 cm³/mol. The van der Waals surface area contributed by atoms with E-state index in [1.807, 2.05) is 6.92 Å². The molecule has 0 bridgehead atoms. The summed E-state index contributed by atoms with van der Waals surface area (Å²) >= 11 is 1.41. The molecule has 0 atom stereocenters. The molecule has 0 amide bonds. The maximum atomic E-state index is 12.5. The number of hydrogen-bond acceptors (Lipinski definition) is 6. The molecule has 2 aromatic heterocycles. The van der Waals surface area contributed by atoms with E-state index in [9.17, 15) is 8.42 Å². The van der Waals surface area contributed by atoms with Crippen LogP contribution in [0.4, 0.5) is 10.8 Å². The number of hydrogen-bond donors (Lipinski definition) is 2. The lowest BCUT2D eigenvalue weighted by atomic mass is 10.4. The first-order valence-corrected chi connectivity index (χ1v) is 9.10. The van der Waals surface area contributed by atoms with Crippen LogP contribution in [0.1, 0.15) is 23.9 Å². The zero-order chi connectivity index (χ0) is 14.9. The smallest absolute Gasteiger partial charge is 0.283 e. The molecule has 0 fully saturated rings. The van der Waals surface area contributed by atoms with Crippen LogP contribution >= 0.6 is 11.3 Å². The van der Waals surface area contributed by atoms with Crippen molar-refractivity contribution in [2.45, 2.75) is 31.2 Å². The monoisotopic (exact) mass is 324 g/mol. The van der Waals surface area contributed by atoms with Gasteiger partial charge in [-0.3, -0.25) is 4.72 Å². The summed E-state index contributed by atoms with van der Waals surface area (Å²) in [5.74, 6) is 0. The fraction of sp³-hybridized carbons (Fsp3) is 0.385. The van der Waals surface area contributed by atoms with Gasteiger partial charge in [0, 0.05) is 17.6 Å². The third-order valence-corrected chi connectivity index (χ3v) is 5.71. The largest absolute Gasteiger partial charge is 0.383 e. The highest BCUT2D eigenvalue weighted by atomic mass is 32.2. The van der Waals surface area contributed by atoms with Gasteiger partial charge >= 0.3 is 0 Å². The second kappa shape index (κ2) is 5.61. The van der Waals surface area contributed by atoms with Gasteiger partial charge in [0.2, 0.25) is 0 Å². The Kier molecular flexibility index (Phi) is 3.81. The average Bonchev–Trinajstić information content (AvgIpc) is 3.00. The van der Waals surface area contributed by atoms with Gasteiger partial charge in [0.05, 0.1) is 11.4 Å². The summed E-state index contributed by atoms with van der Waals surface area (Å²) < 4.78 is 27.5. The molecule has 2 heterocycles. The zero-order valence-electron chi connectivity index (χ0n) is 11.6. The van der Waals surface area contributed by atoms with Gasteiger partial charge in [-0.1, -0.05) is 0 Å². The molecule has 0 aliphatic heterocycles. The van der Waals surface area contributed by atoms with Crippen molar-refractivity contribution in [1.82, 2.24) is 9.97 Å². The highest BCUT2D eigenvalue weighted by Crippen LogP contribution is 2.32. The molecule has 0 aromatic carbocycles. The van der Waals surface area contributed by atoms with E-state index in [0.717, 1.165) is 25.0 Å². The second-order valence-corrected chi connectivity index (χ2v) is 7.42. The van der Waals surface area contributed by atoms with Gasteiger partial charge in [0.1, 0.15) is 0 Å². The number of fused-ring (bicyclic) bond motifs is 1. The number of rotatable bonds is 5. The molecule has 0 saturated heterocycles. The molecule has 1 aliphatic rings. The van der Waals surface area contributed by atoms with E-state index in [1.165, 1.54) is 22.4 Å². The number of anilines is 2. The van der Waals surface area contributed by atoms with E-state index in [-0.39, 0.29) is 5.03 Å². The average molecular weight is 324 g/mol. The maximum absolute atomic E-state index is 12.5. The summed E-state index contributed by atoms with van der Waals surface area (Å²) in [7, 11) is -3.73. The van der Waals surface area contributed by atoms with Crippen LogP contribution in [-0.4, -0.2) is 24.9 Å². The first-order valence-electron chi connectivity index (χ1n) is 6.80. The van der Waals surface area contributed by atoms with Crippen molar-refractivity contribution in [2.24, 2.45) is 0 Å². The van der Waals surface area contributed by atoms with E-state index in [0.29, 0.717) is 17.4 Å². The molecule has 0 saturated carbocycles. The van der Waals surface area contributed by atoms with Gasteiger partial charge in [-0.2, -0.15) is 8.42 Å². The molecule has 3 rings (SSSR count). The Hall–Kier alpha value is -1.67. The Labute approximate surface area is 127 Å². The lowest BCUT2D eigenvalue weighted by Gasteiger charge is -2.10. The van der Waals surface area contributed by atoms with E-state index in [1.54, 1.807) is 12.1 Å². The summed E-state index contributed by atoms with van der Waals surface area (Å²) in [6, 6.07) is 3.40. The molecule has 0 unspecified atom stereocenters. The Morgan fingerprint density at radius 3 is 3.00 bits per heavy atom. The standard InChI is InChI=1S/C13H16N4O2S2/c1-2-14-10-6-4-8-15-12(10)21(18,19)17-13-16-9-5-3-7-11(9)20-13/h4,6,8,14H,2-3,5,7H2,1H3,(H,16,17). The fourth-order valence-electron chi connectivity index (χ4n) is 2.33. The number of nitrogens with one attached hydrogen (secondary N) is 2. The van der Waals surface area contributed by atoms with Gasteiger partial charge in [0.15, 0.2) is 10.2 Å². The van der Waals surface area contributed by atoms with E-state index in [2.05, 4.69) is 20.0 Å². The second-order valence-electron chi connectivity index (χ2n) is 4.73. The molecule has 2 N–H and O–H groups in total. The number of sulfonamides is 1. The molecule has 112 valence electrons. The summed E-state index contributed by atoms with van der Waals surface area (Å²) in [6.45, 7) is 2.53. The molecular formula is C13H16N4O2S2. The summed E-state index contributed by atoms with van der Waals surface area (Å²) in [4.78, 5) is 9.53. The van der Waals surface area contributed by atoms with E-state index in [4.69, 9.17) is 0 Å². The minimum absolute atomic E-state index is 0.00205. The molecule has 8 heteroatoms.